The molecule has 2 heterocycles. The molecular weight excluding hydrogens is 216 g/mol. The van der Waals surface area contributed by atoms with Crippen molar-refractivity contribution in [2.24, 2.45) is 0 Å². The zero-order chi connectivity index (χ0) is 11.7. The van der Waals surface area contributed by atoms with Crippen LogP contribution in [0.5, 0.6) is 0 Å². The molecule has 0 radical (unpaired) electrons. The Morgan fingerprint density at radius 3 is 2.94 bits per heavy atom. The summed E-state index contributed by atoms with van der Waals surface area (Å²) in [5.41, 5.74) is 1.77. The van der Waals surface area contributed by atoms with E-state index in [1.165, 1.54) is 0 Å². The number of aromatic nitrogens is 5. The van der Waals surface area contributed by atoms with Gasteiger partial charge in [0, 0.05) is 19.3 Å². The molecule has 0 unspecified atom stereocenters. The van der Waals surface area contributed by atoms with E-state index >= 15 is 0 Å². The quantitative estimate of drug-likeness (QED) is 0.712. The Labute approximate surface area is 97.3 Å². The Morgan fingerprint density at radius 2 is 2.06 bits per heavy atom. The van der Waals surface area contributed by atoms with Gasteiger partial charge in [-0.25, -0.2) is 4.98 Å². The van der Waals surface area contributed by atoms with E-state index in [1.807, 2.05) is 24.3 Å². The van der Waals surface area contributed by atoms with Crippen molar-refractivity contribution in [2.45, 2.75) is 0 Å². The minimum absolute atomic E-state index is 0.557. The normalized spacial score (nSPS) is 10.6. The molecule has 0 bridgehead atoms. The fraction of sp³-hybridized carbons (Fsp3) is 0.0909. The summed E-state index contributed by atoms with van der Waals surface area (Å²) >= 11 is 0. The van der Waals surface area contributed by atoms with Crippen LogP contribution in [0.3, 0.4) is 0 Å². The van der Waals surface area contributed by atoms with E-state index in [2.05, 4.69) is 25.6 Å². The van der Waals surface area contributed by atoms with Crippen molar-refractivity contribution in [3.05, 3.63) is 36.5 Å². The maximum atomic E-state index is 4.32. The number of para-hydroxylation sites is 1. The molecule has 0 aliphatic rings. The maximum Gasteiger partial charge on any atom is 0.224 e. The van der Waals surface area contributed by atoms with Gasteiger partial charge in [0.05, 0.1) is 5.52 Å². The smallest absolute Gasteiger partial charge is 0.224 e. The zero-order valence-corrected chi connectivity index (χ0v) is 9.20. The number of fused-ring (bicyclic) bond motifs is 1. The first-order chi connectivity index (χ1) is 8.38. The zero-order valence-electron chi connectivity index (χ0n) is 9.20. The van der Waals surface area contributed by atoms with E-state index in [0.29, 0.717) is 11.8 Å². The van der Waals surface area contributed by atoms with Crippen molar-refractivity contribution >= 4 is 17.0 Å². The molecule has 0 amide bonds. The van der Waals surface area contributed by atoms with Crippen LogP contribution in [0.4, 0.5) is 5.95 Å². The number of hydrogen-bond donors (Lipinski definition) is 1. The van der Waals surface area contributed by atoms with Crippen molar-refractivity contribution in [3.63, 3.8) is 0 Å². The Bertz CT molecular complexity index is 660. The van der Waals surface area contributed by atoms with Gasteiger partial charge in [-0.3, -0.25) is 0 Å². The van der Waals surface area contributed by atoms with Crippen LogP contribution in [0.15, 0.2) is 36.5 Å². The molecule has 6 nitrogen and oxygen atoms in total. The molecular formula is C11H10N6. The number of nitrogens with zero attached hydrogens (tertiary/aromatic N) is 5. The van der Waals surface area contributed by atoms with Crippen molar-refractivity contribution in [1.29, 1.82) is 0 Å². The minimum Gasteiger partial charge on any atom is -0.357 e. The summed E-state index contributed by atoms with van der Waals surface area (Å²) in [4.78, 5) is 8.39. The molecule has 3 rings (SSSR count). The Kier molecular flexibility index (Phi) is 2.18. The highest BCUT2D eigenvalue weighted by atomic mass is 15.4. The van der Waals surface area contributed by atoms with Crippen molar-refractivity contribution in [1.82, 2.24) is 25.0 Å². The molecule has 84 valence electrons. The molecule has 17 heavy (non-hydrogen) atoms. The standard InChI is InChI=1S/C11H10N6/c1-12-11-13-7-6-10(14-11)17-9-5-3-2-4-8(9)15-16-17/h2-7H,1H3,(H,12,13,14). The van der Waals surface area contributed by atoms with Crippen molar-refractivity contribution in [3.8, 4) is 5.82 Å². The molecule has 0 saturated carbocycles. The lowest BCUT2D eigenvalue weighted by Crippen LogP contribution is -2.03. The Hall–Kier alpha value is -2.50. The van der Waals surface area contributed by atoms with E-state index in [1.54, 1.807) is 24.0 Å². The predicted octanol–water partition coefficient (Wildman–Crippen LogP) is 1.25. The van der Waals surface area contributed by atoms with Gasteiger partial charge in [0.2, 0.25) is 5.95 Å². The van der Waals surface area contributed by atoms with Gasteiger partial charge in [-0.05, 0) is 12.1 Å². The second-order valence-electron chi connectivity index (χ2n) is 3.48. The van der Waals surface area contributed by atoms with Crippen LogP contribution in [0, 0.1) is 0 Å². The van der Waals surface area contributed by atoms with Gasteiger partial charge >= 0.3 is 0 Å². The van der Waals surface area contributed by atoms with E-state index < -0.39 is 0 Å². The molecule has 0 spiro atoms. The van der Waals surface area contributed by atoms with Crippen LogP contribution in [0.1, 0.15) is 0 Å². The second-order valence-corrected chi connectivity index (χ2v) is 3.48. The van der Waals surface area contributed by atoms with Crippen LogP contribution in [0.2, 0.25) is 0 Å². The number of nitrogens with one attached hydrogen (secondary N) is 1. The average Bonchev–Trinajstić information content (AvgIpc) is 2.82. The molecule has 0 fully saturated rings. The van der Waals surface area contributed by atoms with Crippen LogP contribution in [0.25, 0.3) is 16.9 Å². The Morgan fingerprint density at radius 1 is 1.18 bits per heavy atom. The lowest BCUT2D eigenvalue weighted by atomic mass is 10.3. The lowest BCUT2D eigenvalue weighted by Gasteiger charge is -2.02. The van der Waals surface area contributed by atoms with Gasteiger partial charge in [-0.15, -0.1) is 5.10 Å². The highest BCUT2D eigenvalue weighted by molar-refractivity contribution is 5.75. The van der Waals surface area contributed by atoms with Gasteiger partial charge in [-0.1, -0.05) is 17.3 Å². The first kappa shape index (κ1) is 9.71. The third-order valence-corrected chi connectivity index (χ3v) is 2.43. The molecule has 2 aromatic heterocycles. The number of anilines is 1. The number of hydrogen-bond acceptors (Lipinski definition) is 5. The number of benzene rings is 1. The first-order valence-corrected chi connectivity index (χ1v) is 5.20. The molecule has 0 saturated heterocycles. The van der Waals surface area contributed by atoms with Crippen LogP contribution >= 0.6 is 0 Å². The van der Waals surface area contributed by atoms with Crippen LogP contribution < -0.4 is 5.32 Å². The first-order valence-electron chi connectivity index (χ1n) is 5.20. The van der Waals surface area contributed by atoms with Gasteiger partial charge < -0.3 is 5.32 Å². The van der Waals surface area contributed by atoms with E-state index in [-0.39, 0.29) is 0 Å². The van der Waals surface area contributed by atoms with Crippen LogP contribution in [-0.4, -0.2) is 32.0 Å². The molecule has 0 aliphatic carbocycles. The second kappa shape index (κ2) is 3.82. The summed E-state index contributed by atoms with van der Waals surface area (Å²) in [6.45, 7) is 0. The summed E-state index contributed by atoms with van der Waals surface area (Å²) in [6, 6.07) is 9.54. The SMILES string of the molecule is CNc1nccc(-n2nnc3ccccc32)n1. The molecule has 0 aliphatic heterocycles. The summed E-state index contributed by atoms with van der Waals surface area (Å²) in [7, 11) is 1.78. The monoisotopic (exact) mass is 226 g/mol. The summed E-state index contributed by atoms with van der Waals surface area (Å²) < 4.78 is 1.69. The van der Waals surface area contributed by atoms with Gasteiger partial charge in [-0.2, -0.15) is 9.67 Å². The molecule has 0 atom stereocenters. The third-order valence-electron chi connectivity index (χ3n) is 2.43. The average molecular weight is 226 g/mol. The minimum atomic E-state index is 0.557. The van der Waals surface area contributed by atoms with Gasteiger partial charge in [0.25, 0.3) is 0 Å². The molecule has 1 N–H and O–H groups in total. The highest BCUT2D eigenvalue weighted by Gasteiger charge is 2.07. The third kappa shape index (κ3) is 1.59. The molecule has 6 heteroatoms. The lowest BCUT2D eigenvalue weighted by molar-refractivity contribution is 0.798. The molecule has 1 aromatic carbocycles. The van der Waals surface area contributed by atoms with Gasteiger partial charge in [0.1, 0.15) is 5.52 Å². The van der Waals surface area contributed by atoms with Crippen molar-refractivity contribution < 1.29 is 0 Å². The van der Waals surface area contributed by atoms with Crippen LogP contribution in [-0.2, 0) is 0 Å². The number of rotatable bonds is 2. The predicted molar refractivity (Wildman–Crippen MR) is 64.0 cm³/mol. The van der Waals surface area contributed by atoms with E-state index in [0.717, 1.165) is 11.0 Å². The highest BCUT2D eigenvalue weighted by Crippen LogP contribution is 2.14. The summed E-state index contributed by atoms with van der Waals surface area (Å²) in [6.07, 6.45) is 1.69. The maximum absolute atomic E-state index is 4.32. The van der Waals surface area contributed by atoms with Crippen molar-refractivity contribution in [2.75, 3.05) is 12.4 Å². The Balaban J connectivity index is 2.20. The summed E-state index contributed by atoms with van der Waals surface area (Å²) in [5.74, 6) is 1.25. The van der Waals surface area contributed by atoms with Gasteiger partial charge in [0.15, 0.2) is 5.82 Å². The van der Waals surface area contributed by atoms with E-state index in [4.69, 9.17) is 0 Å². The fourth-order valence-electron chi connectivity index (χ4n) is 1.63. The summed E-state index contributed by atoms with van der Waals surface area (Å²) in [5, 5.41) is 11.1. The molecule has 3 aromatic rings. The fourth-order valence-corrected chi connectivity index (χ4v) is 1.63. The largest absolute Gasteiger partial charge is 0.357 e. The van der Waals surface area contributed by atoms with E-state index in [9.17, 15) is 0 Å². The topological polar surface area (TPSA) is 68.5 Å².